The van der Waals surface area contributed by atoms with E-state index < -0.39 is 18.0 Å². The Hall–Kier alpha value is -2.37. The molecule has 0 radical (unpaired) electrons. The Morgan fingerprint density at radius 3 is 2.16 bits per heavy atom. The maximum Gasteiger partial charge on any atom is 0.335 e. The average molecular weight is 263 g/mol. The van der Waals surface area contributed by atoms with Gasteiger partial charge in [0.2, 0.25) is 0 Å². The average Bonchev–Trinajstić information content (AvgIpc) is 2.87. The lowest BCUT2D eigenvalue weighted by atomic mass is 10.1. The first kappa shape index (κ1) is 13.1. The van der Waals surface area contributed by atoms with Crippen LogP contribution in [0.5, 0.6) is 0 Å². The van der Waals surface area contributed by atoms with Crippen molar-refractivity contribution >= 4 is 17.8 Å². The van der Waals surface area contributed by atoms with Gasteiger partial charge < -0.3 is 15.1 Å². The minimum atomic E-state index is -1.07. The molecule has 1 aliphatic rings. The summed E-state index contributed by atoms with van der Waals surface area (Å²) in [5, 5.41) is 17.8. The predicted octanol–water partition coefficient (Wildman–Crippen LogP) is 1.07. The fourth-order valence-corrected chi connectivity index (χ4v) is 2.19. The summed E-state index contributed by atoms with van der Waals surface area (Å²) < 4.78 is 0. The van der Waals surface area contributed by atoms with Crippen molar-refractivity contribution in [3.8, 4) is 0 Å². The molecule has 1 heterocycles. The fourth-order valence-electron chi connectivity index (χ4n) is 2.19. The van der Waals surface area contributed by atoms with Gasteiger partial charge in [-0.2, -0.15) is 0 Å². The Morgan fingerprint density at radius 2 is 1.63 bits per heavy atom. The Morgan fingerprint density at radius 1 is 1.05 bits per heavy atom. The van der Waals surface area contributed by atoms with Crippen molar-refractivity contribution in [3.05, 3.63) is 35.4 Å². The summed E-state index contributed by atoms with van der Waals surface area (Å²) in [6.45, 7) is 0.413. The van der Waals surface area contributed by atoms with Crippen molar-refractivity contribution in [1.29, 1.82) is 0 Å². The number of aromatic carboxylic acids is 1. The van der Waals surface area contributed by atoms with Crippen LogP contribution < -0.4 is 0 Å². The quantitative estimate of drug-likeness (QED) is 0.850. The van der Waals surface area contributed by atoms with Crippen molar-refractivity contribution in [2.75, 3.05) is 6.54 Å². The molecule has 1 aromatic rings. The maximum atomic E-state index is 12.2. The number of nitrogens with zero attached hydrogens (tertiary/aromatic N) is 1. The van der Waals surface area contributed by atoms with Crippen LogP contribution >= 0.6 is 0 Å². The lowest BCUT2D eigenvalue weighted by Crippen LogP contribution is -2.40. The van der Waals surface area contributed by atoms with Crippen LogP contribution in [0.4, 0.5) is 0 Å². The Balaban J connectivity index is 2.19. The van der Waals surface area contributed by atoms with Crippen molar-refractivity contribution in [2.24, 2.45) is 0 Å². The van der Waals surface area contributed by atoms with Gasteiger partial charge in [0.05, 0.1) is 5.56 Å². The number of carbonyl (C=O) groups is 3. The first-order chi connectivity index (χ1) is 9.00. The molecule has 0 saturated carbocycles. The van der Waals surface area contributed by atoms with Crippen LogP contribution in [0.15, 0.2) is 24.3 Å². The molecule has 1 fully saturated rings. The van der Waals surface area contributed by atoms with Crippen LogP contribution in [0.2, 0.25) is 0 Å². The van der Waals surface area contributed by atoms with Crippen LogP contribution in [0.25, 0.3) is 0 Å². The summed E-state index contributed by atoms with van der Waals surface area (Å²) >= 11 is 0. The van der Waals surface area contributed by atoms with Gasteiger partial charge in [0.1, 0.15) is 6.04 Å². The molecule has 2 rings (SSSR count). The molecule has 2 N–H and O–H groups in total. The molecule has 1 aliphatic heterocycles. The second kappa shape index (κ2) is 5.09. The van der Waals surface area contributed by atoms with Crippen molar-refractivity contribution < 1.29 is 24.6 Å². The lowest BCUT2D eigenvalue weighted by Gasteiger charge is -2.21. The van der Waals surface area contributed by atoms with Crippen molar-refractivity contribution in [1.82, 2.24) is 4.90 Å². The van der Waals surface area contributed by atoms with Gasteiger partial charge >= 0.3 is 11.9 Å². The number of amides is 1. The molecule has 0 unspecified atom stereocenters. The van der Waals surface area contributed by atoms with E-state index in [2.05, 4.69) is 0 Å². The fraction of sp³-hybridized carbons (Fsp3) is 0.308. The highest BCUT2D eigenvalue weighted by Crippen LogP contribution is 2.20. The molecular weight excluding hydrogens is 250 g/mol. The highest BCUT2D eigenvalue weighted by Gasteiger charge is 2.34. The van der Waals surface area contributed by atoms with E-state index >= 15 is 0 Å². The van der Waals surface area contributed by atoms with E-state index in [0.717, 1.165) is 0 Å². The number of carbonyl (C=O) groups excluding carboxylic acids is 1. The zero-order valence-corrected chi connectivity index (χ0v) is 10.1. The van der Waals surface area contributed by atoms with E-state index in [1.807, 2.05) is 0 Å². The summed E-state index contributed by atoms with van der Waals surface area (Å²) in [7, 11) is 0. The van der Waals surface area contributed by atoms with Crippen LogP contribution in [0.3, 0.4) is 0 Å². The molecule has 0 aliphatic carbocycles. The van der Waals surface area contributed by atoms with Gasteiger partial charge in [-0.15, -0.1) is 0 Å². The molecule has 100 valence electrons. The third-order valence-electron chi connectivity index (χ3n) is 3.18. The summed E-state index contributed by atoms with van der Waals surface area (Å²) in [6.07, 6.45) is 1.12. The van der Waals surface area contributed by atoms with Crippen LogP contribution in [-0.4, -0.2) is 45.5 Å². The molecule has 6 heteroatoms. The molecule has 0 spiro atoms. The minimum absolute atomic E-state index is 0.0905. The van der Waals surface area contributed by atoms with Gasteiger partial charge in [-0.3, -0.25) is 4.79 Å². The van der Waals surface area contributed by atoms with E-state index in [-0.39, 0.29) is 11.5 Å². The normalized spacial score (nSPS) is 18.3. The highest BCUT2D eigenvalue weighted by molar-refractivity contribution is 5.98. The smallest absolute Gasteiger partial charge is 0.335 e. The first-order valence-electron chi connectivity index (χ1n) is 5.88. The number of hydrogen-bond acceptors (Lipinski definition) is 3. The van der Waals surface area contributed by atoms with E-state index in [4.69, 9.17) is 10.2 Å². The molecule has 1 saturated heterocycles. The minimum Gasteiger partial charge on any atom is -0.480 e. The Labute approximate surface area is 109 Å². The topological polar surface area (TPSA) is 94.9 Å². The van der Waals surface area contributed by atoms with E-state index in [1.54, 1.807) is 0 Å². The monoisotopic (exact) mass is 263 g/mol. The van der Waals surface area contributed by atoms with E-state index in [0.29, 0.717) is 24.9 Å². The largest absolute Gasteiger partial charge is 0.480 e. The summed E-state index contributed by atoms with van der Waals surface area (Å²) in [5.41, 5.74) is 0.394. The molecule has 0 bridgehead atoms. The van der Waals surface area contributed by atoms with Crippen molar-refractivity contribution in [2.45, 2.75) is 18.9 Å². The third-order valence-corrected chi connectivity index (χ3v) is 3.18. The number of likely N-dealkylation sites (tertiary alicyclic amines) is 1. The summed E-state index contributed by atoms with van der Waals surface area (Å²) in [6, 6.07) is 4.70. The number of benzene rings is 1. The second-order valence-electron chi connectivity index (χ2n) is 4.38. The molecule has 19 heavy (non-hydrogen) atoms. The zero-order valence-electron chi connectivity index (χ0n) is 10.1. The van der Waals surface area contributed by atoms with Gasteiger partial charge in [0.15, 0.2) is 0 Å². The number of hydrogen-bond donors (Lipinski definition) is 2. The number of carboxylic acids is 2. The van der Waals surface area contributed by atoms with Crippen molar-refractivity contribution in [3.63, 3.8) is 0 Å². The molecule has 1 amide bonds. The predicted molar refractivity (Wildman–Crippen MR) is 65.1 cm³/mol. The van der Waals surface area contributed by atoms with Crippen LogP contribution in [0.1, 0.15) is 33.6 Å². The molecular formula is C13H13NO5. The second-order valence-corrected chi connectivity index (χ2v) is 4.38. The van der Waals surface area contributed by atoms with Gasteiger partial charge in [-0.1, -0.05) is 0 Å². The lowest BCUT2D eigenvalue weighted by molar-refractivity contribution is -0.141. The van der Waals surface area contributed by atoms with E-state index in [1.165, 1.54) is 29.2 Å². The summed E-state index contributed by atoms with van der Waals surface area (Å²) in [4.78, 5) is 35.2. The van der Waals surface area contributed by atoms with Gasteiger partial charge in [-0.05, 0) is 37.1 Å². The third kappa shape index (κ3) is 2.57. The molecule has 1 atom stereocenters. The molecule has 1 aromatic carbocycles. The van der Waals surface area contributed by atoms with Crippen LogP contribution in [0, 0.1) is 0 Å². The molecule has 0 aromatic heterocycles. The van der Waals surface area contributed by atoms with Gasteiger partial charge in [0, 0.05) is 12.1 Å². The highest BCUT2D eigenvalue weighted by atomic mass is 16.4. The first-order valence-corrected chi connectivity index (χ1v) is 5.88. The van der Waals surface area contributed by atoms with E-state index in [9.17, 15) is 14.4 Å². The number of carboxylic acid groups (broad SMARTS) is 2. The zero-order chi connectivity index (χ0) is 14.0. The SMILES string of the molecule is O=C(O)c1ccc(C(=O)N2CCC[C@@H]2C(=O)O)cc1. The maximum absolute atomic E-state index is 12.2. The van der Waals surface area contributed by atoms with Crippen LogP contribution in [-0.2, 0) is 4.79 Å². The Kier molecular flexibility index (Phi) is 3.50. The Bertz CT molecular complexity index is 522. The molecule has 6 nitrogen and oxygen atoms in total. The van der Waals surface area contributed by atoms with Gasteiger partial charge in [-0.25, -0.2) is 9.59 Å². The summed E-state index contributed by atoms with van der Waals surface area (Å²) in [5.74, 6) is -2.45. The standard InChI is InChI=1S/C13H13NO5/c15-11(14-7-1-2-10(14)13(18)19)8-3-5-9(6-4-8)12(16)17/h3-6,10H,1-2,7H2,(H,16,17)(H,18,19)/t10-/m1/s1. The number of rotatable bonds is 3. The number of aliphatic carboxylic acids is 1. The van der Waals surface area contributed by atoms with Gasteiger partial charge in [0.25, 0.3) is 5.91 Å².